The highest BCUT2D eigenvalue weighted by atomic mass is 16.3. The van der Waals surface area contributed by atoms with Crippen LogP contribution in [-0.2, 0) is 32.5 Å². The molecule has 15 aromatic rings. The maximum absolute atomic E-state index is 7.43. The van der Waals surface area contributed by atoms with E-state index in [4.69, 9.17) is 8.83 Å². The van der Waals surface area contributed by atoms with E-state index in [1.165, 1.54) is 341 Å². The summed E-state index contributed by atoms with van der Waals surface area (Å²) in [6.45, 7) is 29.1. The number of hydrogen-bond donors (Lipinski definition) is 0. The Morgan fingerprint density at radius 3 is 0.897 bits per heavy atom. The lowest BCUT2D eigenvalue weighted by molar-refractivity contribution is 0.398. The maximum Gasteiger partial charge on any atom is 0.144 e. The molecule has 126 heavy (non-hydrogen) atoms. The summed E-state index contributed by atoms with van der Waals surface area (Å²) in [6.07, 6.45) is 36.5. The van der Waals surface area contributed by atoms with Crippen molar-refractivity contribution in [1.82, 2.24) is 0 Å². The van der Waals surface area contributed by atoms with Gasteiger partial charge in [0.25, 0.3) is 0 Å². The van der Waals surface area contributed by atoms with Crippen LogP contribution in [0.5, 0.6) is 0 Å². The van der Waals surface area contributed by atoms with Crippen molar-refractivity contribution >= 4 is 43.9 Å². The predicted octanol–water partition coefficient (Wildman–Crippen LogP) is 36.9. The predicted molar refractivity (Wildman–Crippen MR) is 537 cm³/mol. The van der Waals surface area contributed by atoms with Crippen LogP contribution in [0.2, 0.25) is 0 Å². The SMILES string of the molecule is CCCCCCCCC1(CCCCCCCC)c2ccccc2-c2ccc(-c3ccc4c(c3)C(C)(C)c3cc(-c5cc6c(c7c5oc5ccccc57)-c5cc7c(cc5C6(C)C)-c5c(cc(-c6ccc8c(c6)C(C)(C)c6cc(-c9ccc%10c(c9)C(CCCCCCCC)(CCCCCCCC)c9ccccc9-%10)ccc6-8)c6c5oc5ccccc56)C7(C)C)ccc3-4)cc21. The Morgan fingerprint density at radius 1 is 0.198 bits per heavy atom. The van der Waals surface area contributed by atoms with Gasteiger partial charge in [-0.3, -0.25) is 0 Å². The molecule has 13 aromatic carbocycles. The molecular weight excluding hydrogens is 1520 g/mol. The van der Waals surface area contributed by atoms with E-state index in [0.29, 0.717) is 0 Å². The lowest BCUT2D eigenvalue weighted by Gasteiger charge is -2.33. The van der Waals surface area contributed by atoms with Crippen molar-refractivity contribution in [2.45, 2.75) is 295 Å². The van der Waals surface area contributed by atoms with Gasteiger partial charge in [0.2, 0.25) is 0 Å². The molecule has 0 radical (unpaired) electrons. The summed E-state index contributed by atoms with van der Waals surface area (Å²) in [7, 11) is 0. The molecule has 0 atom stereocenters. The number of furan rings is 2. The van der Waals surface area contributed by atoms with Gasteiger partial charge in [0.1, 0.15) is 22.3 Å². The second kappa shape index (κ2) is 32.3. The Bertz CT molecular complexity index is 6770. The van der Waals surface area contributed by atoms with Crippen LogP contribution in [0.1, 0.15) is 330 Å². The Labute approximate surface area is 751 Å². The van der Waals surface area contributed by atoms with Crippen LogP contribution in [0.25, 0.3) is 155 Å². The highest BCUT2D eigenvalue weighted by Gasteiger charge is 2.49. The van der Waals surface area contributed by atoms with Gasteiger partial charge in [-0.25, -0.2) is 0 Å². The molecule has 21 rings (SSSR count). The van der Waals surface area contributed by atoms with Crippen LogP contribution < -0.4 is 0 Å². The monoisotopic (exact) mass is 1650 g/mol. The average Bonchev–Trinajstić information content (AvgIpc) is 1.51. The van der Waals surface area contributed by atoms with E-state index in [1.54, 1.807) is 22.3 Å². The van der Waals surface area contributed by atoms with E-state index < -0.39 is 0 Å². The molecule has 0 saturated carbocycles. The summed E-state index contributed by atoms with van der Waals surface area (Å²) >= 11 is 0. The van der Waals surface area contributed by atoms with Crippen LogP contribution in [0, 0.1) is 0 Å². The number of benzene rings is 13. The van der Waals surface area contributed by atoms with Gasteiger partial charge >= 0.3 is 0 Å². The first kappa shape index (κ1) is 82.4. The van der Waals surface area contributed by atoms with Crippen molar-refractivity contribution in [2.75, 3.05) is 0 Å². The van der Waals surface area contributed by atoms with Crippen molar-refractivity contribution in [3.05, 3.63) is 297 Å². The minimum absolute atomic E-state index is 0.0271. The Hall–Kier alpha value is -10.5. The fourth-order valence-electron chi connectivity index (χ4n) is 25.7. The largest absolute Gasteiger partial charge is 0.455 e. The van der Waals surface area contributed by atoms with Crippen LogP contribution >= 0.6 is 0 Å². The van der Waals surface area contributed by atoms with E-state index in [2.05, 4.69) is 314 Å². The van der Waals surface area contributed by atoms with Crippen molar-refractivity contribution in [3.8, 4) is 111 Å². The molecule has 2 aromatic heterocycles. The molecule has 2 nitrogen and oxygen atoms in total. The van der Waals surface area contributed by atoms with Gasteiger partial charge in [-0.15, -0.1) is 0 Å². The summed E-state index contributed by atoms with van der Waals surface area (Å²) in [5.41, 5.74) is 46.1. The van der Waals surface area contributed by atoms with E-state index in [-0.39, 0.29) is 32.5 Å². The Kier molecular flexibility index (Phi) is 21.2. The summed E-state index contributed by atoms with van der Waals surface area (Å²) in [6, 6.07) is 91.9. The zero-order valence-corrected chi connectivity index (χ0v) is 77.6. The molecule has 0 aliphatic heterocycles. The highest BCUT2D eigenvalue weighted by Crippen LogP contribution is 2.65. The molecule has 0 unspecified atom stereocenters. The maximum atomic E-state index is 7.43. The molecular formula is C124H130O2. The summed E-state index contributed by atoms with van der Waals surface area (Å²) in [4.78, 5) is 0. The van der Waals surface area contributed by atoms with Crippen LogP contribution in [-0.4, -0.2) is 0 Å². The zero-order chi connectivity index (χ0) is 86.2. The quantitative estimate of drug-likeness (QED) is 0.0393. The minimum Gasteiger partial charge on any atom is -0.455 e. The third kappa shape index (κ3) is 13.1. The van der Waals surface area contributed by atoms with Gasteiger partial charge in [-0.05, 0) is 265 Å². The van der Waals surface area contributed by atoms with E-state index in [0.717, 1.165) is 38.7 Å². The first-order chi connectivity index (χ1) is 61.3. The van der Waals surface area contributed by atoms with E-state index in [1.807, 2.05) is 0 Å². The number of unbranched alkanes of at least 4 members (excludes halogenated alkanes) is 20. The van der Waals surface area contributed by atoms with Gasteiger partial charge in [-0.2, -0.15) is 0 Å². The second-order valence-corrected chi connectivity index (χ2v) is 41.6. The minimum atomic E-state index is -0.383. The summed E-state index contributed by atoms with van der Waals surface area (Å²) in [5, 5.41) is 4.72. The number of hydrogen-bond acceptors (Lipinski definition) is 2. The third-order valence-corrected chi connectivity index (χ3v) is 32.7. The van der Waals surface area contributed by atoms with Gasteiger partial charge in [0.15, 0.2) is 0 Å². The highest BCUT2D eigenvalue weighted by molar-refractivity contribution is 6.21. The van der Waals surface area contributed by atoms with Gasteiger partial charge in [-0.1, -0.05) is 395 Å². The molecule has 0 spiro atoms. The molecule has 2 heteroatoms. The summed E-state index contributed by atoms with van der Waals surface area (Å²) in [5.74, 6) is 0. The molecule has 0 amide bonds. The lowest BCUT2D eigenvalue weighted by atomic mass is 9.70. The number of para-hydroxylation sites is 2. The molecule has 6 aliphatic rings. The molecule has 0 saturated heterocycles. The number of rotatable bonds is 32. The zero-order valence-electron chi connectivity index (χ0n) is 77.6. The topological polar surface area (TPSA) is 26.3 Å². The molecule has 0 N–H and O–H groups in total. The lowest BCUT2D eigenvalue weighted by Crippen LogP contribution is -2.25. The van der Waals surface area contributed by atoms with Crippen molar-refractivity contribution in [3.63, 3.8) is 0 Å². The fraction of sp³-hybridized carbons (Fsp3) is 0.371. The Morgan fingerprint density at radius 2 is 0.476 bits per heavy atom. The Balaban J connectivity index is 0.612. The average molecular weight is 1650 g/mol. The standard InChI is InChI=1S/C124H130O2/c1-13-17-21-25-29-41-65-123(66-42-30-26-22-18-14-2)99-49-37-33-45-85(99)91-61-55-81(71-107(91)123)79-53-59-87-89-63-57-83(73-103(89)119(5,6)101(87)69-79)95-75-110-115(118-113(95)93-47-35-39-51-111(93)126-118)98-78-105-97(77-106(98)122(110,11)12)114-109(121(105,9)10)76-96(117-116(114)94-48-36-40-52-112(94)125-117)84-58-64-90-88-60-54-80(70-102(88)120(7,8)104(90)74-84)82-56-62-92-86-46-34-38-50-100(86)124(108(92)72-82,67-43-31-27-23-19-15-3)68-44-32-28-24-20-16-4/h33-40,45-64,69-78H,13-32,41-44,65-68H2,1-12H3. The van der Waals surface area contributed by atoms with Crippen molar-refractivity contribution in [2.24, 2.45) is 0 Å². The van der Waals surface area contributed by atoms with Crippen molar-refractivity contribution in [1.29, 1.82) is 0 Å². The molecule has 0 fully saturated rings. The van der Waals surface area contributed by atoms with Gasteiger partial charge in [0, 0.05) is 65.2 Å². The molecule has 2 heterocycles. The summed E-state index contributed by atoms with van der Waals surface area (Å²) < 4.78 is 14.8. The normalized spacial score (nSPS) is 15.8. The second-order valence-electron chi connectivity index (χ2n) is 41.6. The van der Waals surface area contributed by atoms with Gasteiger partial charge in [0.05, 0.1) is 0 Å². The third-order valence-electron chi connectivity index (χ3n) is 32.7. The number of fused-ring (bicyclic) bond motifs is 26. The van der Waals surface area contributed by atoms with Crippen molar-refractivity contribution < 1.29 is 8.83 Å². The molecule has 638 valence electrons. The molecule has 0 bridgehead atoms. The first-order valence-corrected chi connectivity index (χ1v) is 49.6. The van der Waals surface area contributed by atoms with Gasteiger partial charge < -0.3 is 8.83 Å². The first-order valence-electron chi connectivity index (χ1n) is 49.6. The van der Waals surface area contributed by atoms with E-state index in [9.17, 15) is 0 Å². The van der Waals surface area contributed by atoms with Crippen LogP contribution in [0.3, 0.4) is 0 Å². The van der Waals surface area contributed by atoms with E-state index >= 15 is 0 Å². The van der Waals surface area contributed by atoms with Crippen LogP contribution in [0.15, 0.2) is 239 Å². The molecule has 6 aliphatic carbocycles. The fourth-order valence-corrected chi connectivity index (χ4v) is 25.7. The van der Waals surface area contributed by atoms with Crippen LogP contribution in [0.4, 0.5) is 0 Å². The smallest absolute Gasteiger partial charge is 0.144 e.